The molecule has 5 heteroatoms. The summed E-state index contributed by atoms with van der Waals surface area (Å²) >= 11 is 0. The molecule has 0 radical (unpaired) electrons. The molecule has 1 aliphatic rings. The molecule has 0 aromatic rings. The van der Waals surface area contributed by atoms with Gasteiger partial charge in [-0.25, -0.2) is 4.79 Å². The minimum Gasteiger partial charge on any atom is -0.383 e. The average Bonchev–Trinajstić information content (AvgIpc) is 1.85. The van der Waals surface area contributed by atoms with Gasteiger partial charge < -0.3 is 9.47 Å². The Kier molecular flexibility index (Phi) is 1.51. The molecule has 1 heterocycles. The molecule has 0 aromatic heterocycles. The summed E-state index contributed by atoms with van der Waals surface area (Å²) in [4.78, 5) is 30.4. The predicted octanol–water partition coefficient (Wildman–Crippen LogP) is -0.851. The van der Waals surface area contributed by atoms with Gasteiger partial charge in [0.15, 0.2) is 0 Å². The van der Waals surface area contributed by atoms with Crippen LogP contribution in [0.3, 0.4) is 0 Å². The van der Waals surface area contributed by atoms with Crippen LogP contribution in [0.1, 0.15) is 6.42 Å². The van der Waals surface area contributed by atoms with Crippen LogP contribution in [0, 0.1) is 0 Å². The molecule has 10 heavy (non-hydrogen) atoms. The second-order valence-corrected chi connectivity index (χ2v) is 1.51. The van der Waals surface area contributed by atoms with Gasteiger partial charge in [0.1, 0.15) is 6.42 Å². The van der Waals surface area contributed by atoms with Crippen LogP contribution in [0.2, 0.25) is 0 Å². The van der Waals surface area contributed by atoms with Crippen molar-refractivity contribution in [1.29, 1.82) is 0 Å². The minimum absolute atomic E-state index is 0.453. The Hall–Kier alpha value is -1.61. The third-order valence-electron chi connectivity index (χ3n) is 0.785. The van der Waals surface area contributed by atoms with E-state index in [4.69, 9.17) is 0 Å². The number of hydrogen-bond donors (Lipinski definition) is 0. The van der Waals surface area contributed by atoms with Crippen LogP contribution >= 0.6 is 0 Å². The van der Waals surface area contributed by atoms with Crippen molar-refractivity contribution in [2.45, 2.75) is 6.42 Å². The lowest BCUT2D eigenvalue weighted by Crippen LogP contribution is -2.21. The van der Waals surface area contributed by atoms with E-state index in [2.05, 4.69) is 9.47 Å². The van der Waals surface area contributed by atoms with E-state index in [1.54, 1.807) is 0 Å². The zero-order valence-corrected chi connectivity index (χ0v) is 4.75. The molecule has 0 aromatic carbocycles. The SMILES string of the molecule is O=C=C1OC(=O)CC(=O)O1. The summed E-state index contributed by atoms with van der Waals surface area (Å²) < 4.78 is 8.23. The Morgan fingerprint density at radius 3 is 2.10 bits per heavy atom. The van der Waals surface area contributed by atoms with E-state index >= 15 is 0 Å². The van der Waals surface area contributed by atoms with Crippen LogP contribution in [0.15, 0.2) is 5.95 Å². The highest BCUT2D eigenvalue weighted by atomic mass is 16.7. The summed E-state index contributed by atoms with van der Waals surface area (Å²) in [5.74, 6) is -1.16. The summed E-state index contributed by atoms with van der Waals surface area (Å²) in [5.41, 5.74) is 0. The fourth-order valence-corrected chi connectivity index (χ4v) is 0.459. The van der Waals surface area contributed by atoms with Crippen LogP contribution in [0.25, 0.3) is 0 Å². The highest BCUT2D eigenvalue weighted by Crippen LogP contribution is 2.07. The maximum absolute atomic E-state index is 10.3. The first-order valence-corrected chi connectivity index (χ1v) is 2.39. The number of rotatable bonds is 0. The molecule has 0 amide bonds. The summed E-state index contributed by atoms with van der Waals surface area (Å²) in [6, 6.07) is 0. The first kappa shape index (κ1) is 6.51. The molecule has 1 aliphatic heterocycles. The molecule has 0 aliphatic carbocycles. The van der Waals surface area contributed by atoms with Crippen molar-refractivity contribution in [2.24, 2.45) is 0 Å². The molecule has 1 fully saturated rings. The van der Waals surface area contributed by atoms with Gasteiger partial charge in [0.2, 0.25) is 5.94 Å². The average molecular weight is 142 g/mol. The van der Waals surface area contributed by atoms with Crippen LogP contribution in [-0.4, -0.2) is 17.9 Å². The molecule has 0 atom stereocenters. The van der Waals surface area contributed by atoms with E-state index in [1.165, 1.54) is 0 Å². The van der Waals surface area contributed by atoms with Crippen molar-refractivity contribution in [1.82, 2.24) is 0 Å². The first-order chi connectivity index (χ1) is 4.72. The number of hydrogen-bond acceptors (Lipinski definition) is 5. The number of esters is 2. The van der Waals surface area contributed by atoms with Gasteiger partial charge in [0, 0.05) is 0 Å². The predicted molar refractivity (Wildman–Crippen MR) is 26.0 cm³/mol. The molecule has 1 saturated heterocycles. The monoisotopic (exact) mass is 142 g/mol. The summed E-state index contributed by atoms with van der Waals surface area (Å²) in [6.45, 7) is 0. The Balaban J connectivity index is 2.78. The third-order valence-corrected chi connectivity index (χ3v) is 0.785. The largest absolute Gasteiger partial charge is 0.385 e. The van der Waals surface area contributed by atoms with Crippen molar-refractivity contribution in [3.05, 3.63) is 5.95 Å². The lowest BCUT2D eigenvalue weighted by molar-refractivity contribution is -0.166. The molecule has 5 nitrogen and oxygen atoms in total. The van der Waals surface area contributed by atoms with Crippen molar-refractivity contribution >= 4 is 17.9 Å². The van der Waals surface area contributed by atoms with Gasteiger partial charge in [0.25, 0.3) is 0 Å². The fourth-order valence-electron chi connectivity index (χ4n) is 0.459. The van der Waals surface area contributed by atoms with Crippen LogP contribution in [0.4, 0.5) is 0 Å². The Morgan fingerprint density at radius 2 is 1.70 bits per heavy atom. The topological polar surface area (TPSA) is 69.7 Å². The van der Waals surface area contributed by atoms with E-state index in [0.717, 1.165) is 5.94 Å². The Labute approximate surface area is 55.2 Å². The van der Waals surface area contributed by atoms with Gasteiger partial charge in [-0.05, 0) is 0 Å². The van der Waals surface area contributed by atoms with Crippen LogP contribution in [0.5, 0.6) is 0 Å². The lowest BCUT2D eigenvalue weighted by atomic mass is 10.4. The molecule has 1 rings (SSSR count). The fraction of sp³-hybridized carbons (Fsp3) is 0.200. The molecular formula is C5H2O5. The third kappa shape index (κ3) is 1.21. The summed E-state index contributed by atoms with van der Waals surface area (Å²) in [6.07, 6.45) is -0.453. The first-order valence-electron chi connectivity index (χ1n) is 2.39. The molecule has 52 valence electrons. The summed E-state index contributed by atoms with van der Waals surface area (Å²) in [5, 5.41) is 0. The Morgan fingerprint density at radius 1 is 1.20 bits per heavy atom. The normalized spacial score (nSPS) is 17.4. The van der Waals surface area contributed by atoms with Crippen molar-refractivity contribution < 1.29 is 23.9 Å². The molecule has 0 bridgehead atoms. The van der Waals surface area contributed by atoms with Crippen molar-refractivity contribution in [3.63, 3.8) is 0 Å². The second kappa shape index (κ2) is 2.33. The van der Waals surface area contributed by atoms with Gasteiger partial charge in [-0.1, -0.05) is 0 Å². The second-order valence-electron chi connectivity index (χ2n) is 1.51. The maximum atomic E-state index is 10.3. The lowest BCUT2D eigenvalue weighted by Gasteiger charge is -2.09. The molecule has 0 N–H and O–H groups in total. The quantitative estimate of drug-likeness (QED) is 0.250. The zero-order chi connectivity index (χ0) is 7.56. The maximum Gasteiger partial charge on any atom is 0.385 e. The highest BCUT2D eigenvalue weighted by molar-refractivity contribution is 5.94. The molecule has 0 saturated carbocycles. The van der Waals surface area contributed by atoms with E-state index in [0.29, 0.717) is 0 Å². The smallest absolute Gasteiger partial charge is 0.383 e. The van der Waals surface area contributed by atoms with E-state index in [-0.39, 0.29) is 0 Å². The standard InChI is InChI=1S/C5H2O5/c6-2-5-9-3(7)1-4(8)10-5/h1H2. The van der Waals surface area contributed by atoms with Crippen molar-refractivity contribution in [2.75, 3.05) is 0 Å². The number of carbonyl (C=O) groups excluding carboxylic acids is 3. The van der Waals surface area contributed by atoms with Gasteiger partial charge >= 0.3 is 17.9 Å². The molecule has 0 unspecified atom stereocenters. The van der Waals surface area contributed by atoms with Gasteiger partial charge in [-0.3, -0.25) is 9.59 Å². The number of cyclic esters (lactones) is 2. The highest BCUT2D eigenvalue weighted by Gasteiger charge is 2.24. The van der Waals surface area contributed by atoms with E-state index in [1.807, 2.05) is 0 Å². The number of carbonyl (C=O) groups is 2. The minimum atomic E-state index is -0.797. The van der Waals surface area contributed by atoms with Crippen LogP contribution in [-0.2, 0) is 23.9 Å². The van der Waals surface area contributed by atoms with E-state index in [9.17, 15) is 14.4 Å². The zero-order valence-electron chi connectivity index (χ0n) is 4.75. The summed E-state index contributed by atoms with van der Waals surface area (Å²) in [7, 11) is 0. The van der Waals surface area contributed by atoms with E-state index < -0.39 is 24.3 Å². The van der Waals surface area contributed by atoms with Gasteiger partial charge in [-0.2, -0.15) is 0 Å². The Bertz CT molecular complexity index is 216. The molecule has 0 spiro atoms. The molecular weight excluding hydrogens is 140 g/mol. The number of ether oxygens (including phenoxy) is 2. The van der Waals surface area contributed by atoms with Crippen molar-refractivity contribution in [3.8, 4) is 0 Å². The van der Waals surface area contributed by atoms with Crippen LogP contribution < -0.4 is 0 Å². The van der Waals surface area contributed by atoms with Gasteiger partial charge in [0.05, 0.1) is 0 Å². The van der Waals surface area contributed by atoms with Gasteiger partial charge in [-0.15, -0.1) is 0 Å².